The maximum Gasteiger partial charge on any atom is 0.125 e. The molecular weight excluding hydrogens is 1690 g/mol. The molecule has 2 aliphatic rings. The van der Waals surface area contributed by atoms with Crippen LogP contribution in [0.15, 0.2) is 498 Å². The van der Waals surface area contributed by atoms with Crippen molar-refractivity contribution in [2.24, 2.45) is 0 Å². The van der Waals surface area contributed by atoms with Crippen molar-refractivity contribution in [2.75, 3.05) is 11.6 Å². The molecule has 25 rings (SSSR count). The van der Waals surface area contributed by atoms with E-state index in [-0.39, 0.29) is 5.41 Å². The van der Waals surface area contributed by atoms with E-state index < -0.39 is 0 Å². The number of unbranched alkanes of at least 4 members (excludes halogenated alkanes) is 2. The first kappa shape index (κ1) is 90.2. The molecule has 0 amide bonds. The van der Waals surface area contributed by atoms with Crippen LogP contribution in [-0.2, 0) is 5.41 Å². The molecule has 0 unspecified atom stereocenters. The lowest BCUT2D eigenvalue weighted by Gasteiger charge is -2.33. The summed E-state index contributed by atoms with van der Waals surface area (Å²) < 4.78 is 2.49. The minimum atomic E-state index is 0.124. The lowest BCUT2D eigenvalue weighted by Crippen LogP contribution is -2.29. The Hall–Kier alpha value is -16.3. The number of hydrogen-bond acceptors (Lipinski definition) is 11. The Morgan fingerprint density at radius 3 is 1.34 bits per heavy atom. The third-order valence-corrected chi connectivity index (χ3v) is 26.5. The molecule has 0 saturated carbocycles. The van der Waals surface area contributed by atoms with Crippen LogP contribution in [0.2, 0.25) is 0 Å². The van der Waals surface area contributed by atoms with Crippen LogP contribution in [0.25, 0.3) is 163 Å². The molecule has 11 heteroatoms. The zero-order valence-electron chi connectivity index (χ0n) is 76.2. The van der Waals surface area contributed by atoms with E-state index in [1.54, 1.807) is 22.7 Å². The molecule has 0 bridgehead atoms. The van der Waals surface area contributed by atoms with Gasteiger partial charge in [-0.3, -0.25) is 29.9 Å². The second kappa shape index (κ2) is 45.2. The molecule has 16 aromatic carbocycles. The van der Waals surface area contributed by atoms with E-state index in [4.69, 9.17) is 9.97 Å². The van der Waals surface area contributed by atoms with E-state index >= 15 is 0 Å². The lowest BCUT2D eigenvalue weighted by atomic mass is 9.70. The van der Waals surface area contributed by atoms with Crippen LogP contribution in [0.3, 0.4) is 0 Å². The number of thiazole rings is 2. The average Bonchev–Trinajstić information content (AvgIpc) is 1.56. The predicted octanol–water partition coefficient (Wildman–Crippen LogP) is 33.6. The minimum absolute atomic E-state index is 0.124. The largest absolute Gasteiger partial charge is 0.306 e. The third-order valence-electron chi connectivity index (χ3n) is 24.4. The molecule has 1 N–H and O–H groups in total. The fraction of sp³-hybridized carbons (Fsp3) is 0.0800. The van der Waals surface area contributed by atoms with E-state index in [1.807, 2.05) is 183 Å². The van der Waals surface area contributed by atoms with E-state index in [0.717, 1.165) is 67.0 Å². The first-order chi connectivity index (χ1) is 67.4. The number of nitrogens with zero attached hydrogens (tertiary/aromatic N) is 8. The molecule has 0 fully saturated rings. The van der Waals surface area contributed by atoms with Gasteiger partial charge in [0.25, 0.3) is 0 Å². The molecule has 660 valence electrons. The number of aromatic nitrogens is 7. The van der Waals surface area contributed by atoms with Crippen LogP contribution in [0.4, 0.5) is 5.69 Å². The molecule has 7 aromatic heterocycles. The normalized spacial score (nSPS) is 11.7. The Morgan fingerprint density at radius 2 is 0.735 bits per heavy atom. The summed E-state index contributed by atoms with van der Waals surface area (Å²) in [6.07, 6.45) is 20.8. The number of hydrogen-bond donors (Lipinski definition) is 1. The second-order valence-corrected chi connectivity index (χ2v) is 35.2. The first-order valence-corrected chi connectivity index (χ1v) is 48.3. The summed E-state index contributed by atoms with van der Waals surface area (Å²) in [6.45, 7) is 5.57. The van der Waals surface area contributed by atoms with Gasteiger partial charge in [-0.2, -0.15) is 0 Å². The summed E-state index contributed by atoms with van der Waals surface area (Å²) in [5.41, 5.74) is 27.4. The van der Waals surface area contributed by atoms with Crippen molar-refractivity contribution in [1.82, 2.24) is 40.3 Å². The van der Waals surface area contributed by atoms with Gasteiger partial charge < -0.3 is 5.43 Å². The maximum absolute atomic E-state index is 4.82. The summed E-state index contributed by atoms with van der Waals surface area (Å²) in [7, 11) is 0. The first-order valence-electron chi connectivity index (χ1n) is 46.6. The molecule has 9 nitrogen and oxygen atoms in total. The number of benzene rings is 16. The number of anilines is 1. The molecule has 23 aromatic rings. The van der Waals surface area contributed by atoms with Crippen LogP contribution >= 0.6 is 22.7 Å². The van der Waals surface area contributed by atoms with Gasteiger partial charge in [0.1, 0.15) is 10.0 Å². The van der Waals surface area contributed by atoms with Crippen molar-refractivity contribution in [3.63, 3.8) is 0 Å². The van der Waals surface area contributed by atoms with Crippen molar-refractivity contribution in [2.45, 2.75) is 57.8 Å². The smallest absolute Gasteiger partial charge is 0.125 e. The van der Waals surface area contributed by atoms with Crippen LogP contribution < -0.4 is 10.4 Å². The number of para-hydroxylation sites is 3. The zero-order chi connectivity index (χ0) is 92.1. The fourth-order valence-electron chi connectivity index (χ4n) is 17.6. The Labute approximate surface area is 804 Å². The summed E-state index contributed by atoms with van der Waals surface area (Å²) in [5.74, 6) is 0. The Balaban J connectivity index is 0.000000106. The summed E-state index contributed by atoms with van der Waals surface area (Å²) in [6, 6.07) is 157. The molecule has 0 atom stereocenters. The monoisotopic (exact) mass is 1790 g/mol. The lowest BCUT2D eigenvalue weighted by molar-refractivity contribution is 0.414. The fourth-order valence-corrected chi connectivity index (χ4v) is 19.6. The van der Waals surface area contributed by atoms with Crippen LogP contribution in [-0.4, -0.2) is 41.4 Å². The molecule has 8 heterocycles. The van der Waals surface area contributed by atoms with E-state index in [0.29, 0.717) is 0 Å². The van der Waals surface area contributed by atoms with Crippen molar-refractivity contribution in [3.05, 3.63) is 509 Å². The highest BCUT2D eigenvalue weighted by Crippen LogP contribution is 2.55. The van der Waals surface area contributed by atoms with Crippen molar-refractivity contribution in [1.29, 1.82) is 0 Å². The molecule has 1 aliphatic heterocycles. The average molecular weight is 1800 g/mol. The number of hydrazine groups is 1. The van der Waals surface area contributed by atoms with Crippen LogP contribution in [0.5, 0.6) is 0 Å². The third kappa shape index (κ3) is 21.9. The van der Waals surface area contributed by atoms with Gasteiger partial charge in [0.2, 0.25) is 0 Å². The number of rotatable bonds is 14. The molecule has 0 saturated heterocycles. The van der Waals surface area contributed by atoms with E-state index in [1.165, 1.54) is 158 Å². The summed E-state index contributed by atoms with van der Waals surface area (Å²) >= 11 is 3.49. The van der Waals surface area contributed by atoms with Gasteiger partial charge in [-0.05, 0) is 164 Å². The number of pyridine rings is 5. The minimum Gasteiger partial charge on any atom is -0.306 e. The summed E-state index contributed by atoms with van der Waals surface area (Å²) in [4.78, 5) is 31.7. The highest BCUT2D eigenvalue weighted by atomic mass is 32.1. The zero-order valence-corrected chi connectivity index (χ0v) is 77.8. The Morgan fingerprint density at radius 1 is 0.287 bits per heavy atom. The van der Waals surface area contributed by atoms with E-state index in [2.05, 4.69) is 365 Å². The SMILES string of the molecule is C1=CNN(c2ccccc2)C1.CCCCC1(CCCC)c2ccccc2-c2ccc(-c3nccc4ccccc34)cc21.c1ccc(-c2ccccn2)cc1.c1ccc(-c2ccnc(-c3ccccc3)c2)cc1.c1ccc(-c2nc3ccccc3s2)cc1.c1ccc(-c2nccc3ccccc23)cc1.c1ccc2c(-c3nc4ccccc4s3)cccc2c1.c1ccc2c(c1)ccc1cccnc12. The Kier molecular flexibility index (Phi) is 30.0. The predicted molar refractivity (Wildman–Crippen MR) is 577 cm³/mol. The number of fused-ring (bicyclic) bond motifs is 11. The maximum atomic E-state index is 4.82. The standard InChI is InChI=1S/C30H31N.C17H11NS.C17H13N.C15H11N.C13H9NS.C13H9N.C11H9N.C9H10N2/c1-3-5-18-30(19-6-4-2)27-14-10-9-13-25(27)26-16-15-23(21-28(26)30)29-24-12-8-7-11-22(24)17-20-31-29;1-2-8-13-12(6-1)7-5-9-14(13)17-18-15-10-3-4-11-16(15)19-17;1-3-7-14(8-4-1)16-11-12-18-17(13-16)15-9-5-2-6-10-15;1-2-7-13(8-3-1)15-14-9-5-4-6-12(14)10-11-16-15;1-2-6-10(7-3-1)13-14-11-8-4-5-9-12(11)15-13;1-2-6-12-10(4-1)7-8-11-5-3-9-14-13(11)12;1-2-6-10(7-3-1)11-8-4-5-9-12-11;1-2-5-9(6-3-1)11-8-4-7-10-11/h7-17,20-21H,3-6,18-19H2,1-2H3;1-11H;1-13H;1-11H;1-9H;1-9H;1-9H;1-7,10H,8H2. The number of nitrogens with one attached hydrogen (secondary N) is 1. The van der Waals surface area contributed by atoms with Crippen LogP contribution in [0.1, 0.15) is 63.5 Å². The van der Waals surface area contributed by atoms with Gasteiger partial charge in [-0.25, -0.2) is 9.97 Å². The van der Waals surface area contributed by atoms with Crippen molar-refractivity contribution in [3.8, 4) is 88.4 Å². The molecule has 1 aliphatic carbocycles. The van der Waals surface area contributed by atoms with Gasteiger partial charge >= 0.3 is 0 Å². The van der Waals surface area contributed by atoms with Gasteiger partial charge in [0.05, 0.1) is 61.0 Å². The molecule has 136 heavy (non-hydrogen) atoms. The van der Waals surface area contributed by atoms with E-state index in [9.17, 15) is 0 Å². The van der Waals surface area contributed by atoms with Crippen molar-refractivity contribution >= 4 is 103 Å². The molecular formula is C125H103N9S2. The van der Waals surface area contributed by atoms with Crippen molar-refractivity contribution < 1.29 is 0 Å². The second-order valence-electron chi connectivity index (χ2n) is 33.2. The topological polar surface area (TPSA) is 106 Å². The Bertz CT molecular complexity index is 7590. The highest BCUT2D eigenvalue weighted by Gasteiger charge is 2.42. The van der Waals surface area contributed by atoms with Gasteiger partial charge in [-0.15, -0.1) is 22.7 Å². The van der Waals surface area contributed by atoms with Gasteiger partial charge in [-0.1, -0.05) is 410 Å². The summed E-state index contributed by atoms with van der Waals surface area (Å²) in [5, 5.41) is 15.4. The quantitative estimate of drug-likeness (QED) is 0.107. The van der Waals surface area contributed by atoms with Gasteiger partial charge in [0, 0.05) is 97.5 Å². The van der Waals surface area contributed by atoms with Crippen LogP contribution in [0, 0.1) is 0 Å². The molecule has 0 spiro atoms. The van der Waals surface area contributed by atoms with Gasteiger partial charge in [0.15, 0.2) is 0 Å². The highest BCUT2D eigenvalue weighted by molar-refractivity contribution is 7.22. The molecule has 0 radical (unpaired) electrons.